The van der Waals surface area contributed by atoms with Crippen molar-refractivity contribution in [2.24, 2.45) is 0 Å². The van der Waals surface area contributed by atoms with Gasteiger partial charge in [0.1, 0.15) is 12.1 Å². The number of rotatable bonds is 5. The van der Waals surface area contributed by atoms with Crippen molar-refractivity contribution < 1.29 is 9.59 Å². The molecule has 1 fully saturated rings. The molecular weight excluding hydrogens is 264 g/mol. The van der Waals surface area contributed by atoms with Gasteiger partial charge < -0.3 is 10.2 Å². The summed E-state index contributed by atoms with van der Waals surface area (Å²) >= 11 is 0. The van der Waals surface area contributed by atoms with E-state index in [4.69, 9.17) is 0 Å². The number of amides is 2. The highest BCUT2D eigenvalue weighted by molar-refractivity contribution is 5.96. The quantitative estimate of drug-likeness (QED) is 0.904. The molecule has 1 heterocycles. The number of carbonyl (C=O) groups excluding carboxylic acids is 2. The van der Waals surface area contributed by atoms with Gasteiger partial charge in [0, 0.05) is 6.54 Å². The van der Waals surface area contributed by atoms with Crippen LogP contribution >= 0.6 is 0 Å². The van der Waals surface area contributed by atoms with E-state index in [0.29, 0.717) is 18.9 Å². The molecule has 2 rings (SSSR count). The molecule has 114 valence electrons. The fraction of sp³-hybridized carbons (Fsp3) is 0.529. The molecule has 1 N–H and O–H groups in total. The van der Waals surface area contributed by atoms with Gasteiger partial charge in [0.05, 0.1) is 0 Å². The highest BCUT2D eigenvalue weighted by Crippen LogP contribution is 2.21. The summed E-state index contributed by atoms with van der Waals surface area (Å²) in [5, 5.41) is 2.78. The normalized spacial score (nSPS) is 23.9. The molecule has 0 bridgehead atoms. The topological polar surface area (TPSA) is 49.4 Å². The van der Waals surface area contributed by atoms with Crippen LogP contribution in [0.2, 0.25) is 0 Å². The van der Waals surface area contributed by atoms with Crippen LogP contribution in [-0.2, 0) is 9.59 Å². The highest BCUT2D eigenvalue weighted by Gasteiger charge is 2.36. The Morgan fingerprint density at radius 2 is 1.90 bits per heavy atom. The van der Waals surface area contributed by atoms with E-state index < -0.39 is 0 Å². The Morgan fingerprint density at radius 3 is 2.52 bits per heavy atom. The third-order valence-electron chi connectivity index (χ3n) is 4.32. The minimum Gasteiger partial charge on any atom is -0.343 e. The molecule has 0 aromatic heterocycles. The largest absolute Gasteiger partial charge is 0.343 e. The Morgan fingerprint density at radius 1 is 1.24 bits per heavy atom. The van der Waals surface area contributed by atoms with Gasteiger partial charge in [-0.15, -0.1) is 0 Å². The first-order chi connectivity index (χ1) is 10.0. The summed E-state index contributed by atoms with van der Waals surface area (Å²) < 4.78 is 0. The molecule has 1 aromatic carbocycles. The molecule has 21 heavy (non-hydrogen) atoms. The number of nitrogens with one attached hydrogen (secondary N) is 1. The maximum atomic E-state index is 12.4. The van der Waals surface area contributed by atoms with Crippen molar-refractivity contribution in [3.05, 3.63) is 35.9 Å². The summed E-state index contributed by atoms with van der Waals surface area (Å²) in [5.74, 6) is 0.370. The van der Waals surface area contributed by atoms with Crippen molar-refractivity contribution in [3.63, 3.8) is 0 Å². The van der Waals surface area contributed by atoms with Crippen LogP contribution in [-0.4, -0.2) is 35.3 Å². The first-order valence-corrected chi connectivity index (χ1v) is 7.70. The van der Waals surface area contributed by atoms with E-state index in [0.717, 1.165) is 6.42 Å². The van der Waals surface area contributed by atoms with Crippen LogP contribution in [0.15, 0.2) is 30.3 Å². The summed E-state index contributed by atoms with van der Waals surface area (Å²) in [7, 11) is 0. The lowest BCUT2D eigenvalue weighted by Crippen LogP contribution is -2.62. The van der Waals surface area contributed by atoms with Gasteiger partial charge in [-0.25, -0.2) is 0 Å². The molecule has 1 aliphatic rings. The second-order valence-electron chi connectivity index (χ2n) is 5.78. The van der Waals surface area contributed by atoms with E-state index in [-0.39, 0.29) is 23.9 Å². The van der Waals surface area contributed by atoms with Gasteiger partial charge in [-0.05, 0) is 31.2 Å². The van der Waals surface area contributed by atoms with E-state index in [1.165, 1.54) is 5.56 Å². The van der Waals surface area contributed by atoms with Crippen LogP contribution in [0.25, 0.3) is 0 Å². The third kappa shape index (κ3) is 3.43. The van der Waals surface area contributed by atoms with Crippen LogP contribution in [0.3, 0.4) is 0 Å². The van der Waals surface area contributed by atoms with Gasteiger partial charge in [-0.2, -0.15) is 0 Å². The molecule has 3 atom stereocenters. The summed E-state index contributed by atoms with van der Waals surface area (Å²) in [6.07, 6.45) is 1.51. The Balaban J connectivity index is 2.00. The van der Waals surface area contributed by atoms with E-state index in [1.54, 1.807) is 11.8 Å². The Bertz CT molecular complexity index is 501. The van der Waals surface area contributed by atoms with Gasteiger partial charge >= 0.3 is 0 Å². The van der Waals surface area contributed by atoms with Crippen molar-refractivity contribution in [1.82, 2.24) is 10.2 Å². The average Bonchev–Trinajstić information content (AvgIpc) is 2.51. The summed E-state index contributed by atoms with van der Waals surface area (Å²) in [6, 6.07) is 9.54. The molecule has 0 radical (unpaired) electrons. The molecule has 4 heteroatoms. The van der Waals surface area contributed by atoms with Crippen molar-refractivity contribution in [2.75, 3.05) is 6.54 Å². The highest BCUT2D eigenvalue weighted by atomic mass is 16.2. The fourth-order valence-corrected chi connectivity index (χ4v) is 2.75. The predicted octanol–water partition coefficient (Wildman–Crippen LogP) is 2.31. The minimum absolute atomic E-state index is 0.0462. The zero-order valence-corrected chi connectivity index (χ0v) is 13.0. The number of piperazine rings is 1. The SMILES string of the molecule is CCC1NC(=O)C(C)N(CCC(C)c2ccccc2)C1=O. The van der Waals surface area contributed by atoms with Crippen LogP contribution < -0.4 is 5.32 Å². The molecule has 3 unspecified atom stereocenters. The van der Waals surface area contributed by atoms with Crippen LogP contribution in [0.4, 0.5) is 0 Å². The van der Waals surface area contributed by atoms with Crippen molar-refractivity contribution in [1.29, 1.82) is 0 Å². The first kappa shape index (κ1) is 15.5. The molecule has 1 saturated heterocycles. The second kappa shape index (κ2) is 6.74. The maximum absolute atomic E-state index is 12.4. The lowest BCUT2D eigenvalue weighted by Gasteiger charge is -2.37. The van der Waals surface area contributed by atoms with Crippen LogP contribution in [0.5, 0.6) is 0 Å². The van der Waals surface area contributed by atoms with Gasteiger partial charge in [0.25, 0.3) is 0 Å². The smallest absolute Gasteiger partial charge is 0.245 e. The molecule has 2 amide bonds. The van der Waals surface area contributed by atoms with E-state index in [2.05, 4.69) is 24.4 Å². The van der Waals surface area contributed by atoms with E-state index in [9.17, 15) is 9.59 Å². The minimum atomic E-state index is -0.372. The van der Waals surface area contributed by atoms with Crippen molar-refractivity contribution in [2.45, 2.75) is 51.6 Å². The Hall–Kier alpha value is -1.84. The monoisotopic (exact) mass is 288 g/mol. The number of benzene rings is 1. The first-order valence-electron chi connectivity index (χ1n) is 7.70. The molecule has 4 nitrogen and oxygen atoms in total. The summed E-state index contributed by atoms with van der Waals surface area (Å²) in [5.41, 5.74) is 1.27. The molecule has 1 aliphatic heterocycles. The zero-order valence-electron chi connectivity index (χ0n) is 13.0. The molecule has 0 saturated carbocycles. The van der Waals surface area contributed by atoms with Gasteiger partial charge in [-0.3, -0.25) is 9.59 Å². The van der Waals surface area contributed by atoms with Gasteiger partial charge in [-0.1, -0.05) is 44.2 Å². The Kier molecular flexibility index (Phi) is 4.99. The van der Waals surface area contributed by atoms with Crippen molar-refractivity contribution >= 4 is 11.8 Å². The number of nitrogens with zero attached hydrogens (tertiary/aromatic N) is 1. The van der Waals surface area contributed by atoms with Crippen LogP contribution in [0.1, 0.15) is 45.1 Å². The van der Waals surface area contributed by atoms with Crippen LogP contribution in [0, 0.1) is 0 Å². The lowest BCUT2D eigenvalue weighted by molar-refractivity contribution is -0.148. The molecule has 0 spiro atoms. The maximum Gasteiger partial charge on any atom is 0.245 e. The van der Waals surface area contributed by atoms with Gasteiger partial charge in [0.15, 0.2) is 0 Å². The fourth-order valence-electron chi connectivity index (χ4n) is 2.75. The van der Waals surface area contributed by atoms with E-state index in [1.807, 2.05) is 25.1 Å². The molecular formula is C17H24N2O2. The second-order valence-corrected chi connectivity index (χ2v) is 5.78. The average molecular weight is 288 g/mol. The standard InChI is InChI=1S/C17H24N2O2/c1-4-15-17(21)19(13(3)16(20)18-15)11-10-12(2)14-8-6-5-7-9-14/h5-9,12-13,15H,4,10-11H2,1-3H3,(H,18,20). The summed E-state index contributed by atoms with van der Waals surface area (Å²) in [4.78, 5) is 26.0. The zero-order chi connectivity index (χ0) is 15.4. The lowest BCUT2D eigenvalue weighted by atomic mass is 9.96. The Labute approximate surface area is 126 Å². The van der Waals surface area contributed by atoms with E-state index >= 15 is 0 Å². The third-order valence-corrected chi connectivity index (χ3v) is 4.32. The number of hydrogen-bond donors (Lipinski definition) is 1. The number of carbonyl (C=O) groups is 2. The molecule has 1 aromatic rings. The number of hydrogen-bond acceptors (Lipinski definition) is 2. The van der Waals surface area contributed by atoms with Crippen molar-refractivity contribution in [3.8, 4) is 0 Å². The molecule has 0 aliphatic carbocycles. The summed E-state index contributed by atoms with van der Waals surface area (Å²) in [6.45, 7) is 6.50. The van der Waals surface area contributed by atoms with Gasteiger partial charge in [0.2, 0.25) is 11.8 Å². The predicted molar refractivity (Wildman–Crippen MR) is 82.9 cm³/mol.